The van der Waals surface area contributed by atoms with Crippen molar-refractivity contribution in [1.82, 2.24) is 0 Å². The molecule has 0 aliphatic carbocycles. The minimum absolute atomic E-state index is 0.0904. The Morgan fingerprint density at radius 3 is 0.889 bits per heavy atom. The second kappa shape index (κ2) is 73.4. The van der Waals surface area contributed by atoms with Crippen molar-refractivity contribution in [2.24, 2.45) is 0 Å². The number of hydrogen-bond acceptors (Lipinski definition) is 14. The first-order valence-electron chi connectivity index (χ1n) is 38.5. The average molecular weight is 1430 g/mol. The van der Waals surface area contributed by atoms with E-state index in [1.165, 1.54) is 83.5 Å². The Labute approximate surface area is 601 Å². The molecule has 0 rings (SSSR count). The maximum Gasteiger partial charge on any atom is 0.472 e. The average Bonchev–Trinajstić information content (AvgIpc) is 1.26. The van der Waals surface area contributed by atoms with Gasteiger partial charge in [0.15, 0.2) is 6.10 Å². The van der Waals surface area contributed by atoms with E-state index < -0.39 is 91.5 Å². The summed E-state index contributed by atoms with van der Waals surface area (Å²) < 4.78 is 61.0. The number of aliphatic hydroxyl groups is 2. The lowest BCUT2D eigenvalue weighted by atomic mass is 10.1. The molecule has 5 atom stereocenters. The first-order chi connectivity index (χ1) is 48.2. The Morgan fingerprint density at radius 1 is 0.293 bits per heavy atom. The minimum Gasteiger partial charge on any atom is -0.463 e. The number of carbonyl (C=O) groups excluding carboxylic acids is 3. The van der Waals surface area contributed by atoms with Crippen molar-refractivity contribution < 1.29 is 75.8 Å². The second-order valence-electron chi connectivity index (χ2n) is 25.4. The Bertz CT molecular complexity index is 2330. The molecule has 0 aromatic heterocycles. The normalized spacial score (nSPS) is 14.8. The first kappa shape index (κ1) is 94.7. The summed E-state index contributed by atoms with van der Waals surface area (Å²) in [5, 5.41) is 20.6. The molecule has 0 bridgehead atoms. The van der Waals surface area contributed by atoms with Crippen LogP contribution in [0.2, 0.25) is 0 Å². The number of phosphoric ester groups is 2. The largest absolute Gasteiger partial charge is 0.472 e. The lowest BCUT2D eigenvalue weighted by molar-refractivity contribution is -0.161. The van der Waals surface area contributed by atoms with Crippen LogP contribution in [0.25, 0.3) is 0 Å². The SMILES string of the molecule is CC/C=C\C/C=C\C/C=C\C/C=C\C/C=C\C/C=C\CCCCCCCCCCC(=O)OCC(O)COP(=O)(O)OCC(O)COP(=O)(O)OCC(COC(=O)CCCCCCCCCCC/C=C\C/C=C\C/C=C\C/C=C\CCCCC)OC(=O)CCCCCCC/C=C\CCCC. The molecular weight excluding hydrogens is 1290 g/mol. The molecule has 0 aliphatic rings. The van der Waals surface area contributed by atoms with Crippen LogP contribution in [0, 0.1) is 0 Å². The number of hydrogen-bond donors (Lipinski definition) is 4. The molecule has 0 spiro atoms. The van der Waals surface area contributed by atoms with Gasteiger partial charge in [-0.3, -0.25) is 32.5 Å². The number of allylic oxidation sites excluding steroid dienone is 22. The van der Waals surface area contributed by atoms with E-state index in [1.807, 2.05) is 0 Å². The van der Waals surface area contributed by atoms with E-state index in [9.17, 15) is 43.5 Å². The maximum absolute atomic E-state index is 12.9. The fourth-order valence-corrected chi connectivity index (χ4v) is 11.5. The van der Waals surface area contributed by atoms with Crippen LogP contribution >= 0.6 is 15.6 Å². The van der Waals surface area contributed by atoms with Gasteiger partial charge in [0.05, 0.1) is 26.4 Å². The summed E-state index contributed by atoms with van der Waals surface area (Å²) in [6.07, 6.45) is 87.9. The van der Waals surface area contributed by atoms with E-state index in [0.717, 1.165) is 161 Å². The first-order valence-corrected chi connectivity index (χ1v) is 41.5. The van der Waals surface area contributed by atoms with Crippen LogP contribution in [0.5, 0.6) is 0 Å². The number of carbonyl (C=O) groups is 3. The molecule has 0 radical (unpaired) electrons. The number of unbranched alkanes of at least 4 members (excludes halogenated alkanes) is 27. The van der Waals surface area contributed by atoms with E-state index in [0.29, 0.717) is 19.3 Å². The van der Waals surface area contributed by atoms with Crippen molar-refractivity contribution in [2.75, 3.05) is 39.6 Å². The molecule has 0 fully saturated rings. The minimum atomic E-state index is -4.93. The third kappa shape index (κ3) is 74.7. The molecule has 5 unspecified atom stereocenters. The summed E-state index contributed by atoms with van der Waals surface area (Å²) >= 11 is 0. The van der Waals surface area contributed by atoms with Crippen LogP contribution in [0.15, 0.2) is 134 Å². The molecule has 568 valence electrons. The van der Waals surface area contributed by atoms with Crippen molar-refractivity contribution in [3.8, 4) is 0 Å². The standard InChI is InChI=1S/C81H138O16P2/c1-4-7-10-13-16-19-22-24-26-28-30-32-34-36-37-39-41-42-44-46-48-50-53-55-58-61-64-67-79(84)91-70-76(82)71-93-98(87,88)94-72-77(83)73-95-99(89,90)96-75-78(97-81(86)69-66-63-60-57-52-21-18-15-12-9-6-3)74-92-80(85)68-65-62-59-56-54-51-49-47-45-43-40-38-35-33-31-29-27-25-23-20-17-14-11-8-5-2/h7,10,15-20,24-27,30-33,36-38,40-42,76-78,82-83H,4-6,8-9,11-14,21-23,28-29,34-35,39,43-75H2,1-3H3,(H,87,88)(H,89,90)/b10-7-,18-15-,19-16-,20-17-,26-24-,27-25-,32-30-,33-31-,37-36-,40-38-,42-41-. The van der Waals surface area contributed by atoms with Crippen molar-refractivity contribution in [2.45, 2.75) is 322 Å². The number of phosphoric acid groups is 2. The summed E-state index contributed by atoms with van der Waals surface area (Å²) in [5.41, 5.74) is 0. The van der Waals surface area contributed by atoms with E-state index >= 15 is 0 Å². The molecule has 18 heteroatoms. The van der Waals surface area contributed by atoms with Gasteiger partial charge in [0.1, 0.15) is 25.4 Å². The predicted molar refractivity (Wildman–Crippen MR) is 408 cm³/mol. The summed E-state index contributed by atoms with van der Waals surface area (Å²) in [5.74, 6) is -1.60. The molecular formula is C81H138O16P2. The lowest BCUT2D eigenvalue weighted by Gasteiger charge is -2.21. The van der Waals surface area contributed by atoms with Crippen LogP contribution in [0.4, 0.5) is 0 Å². The van der Waals surface area contributed by atoms with E-state index in [4.69, 9.17) is 32.3 Å². The zero-order chi connectivity index (χ0) is 72.3. The van der Waals surface area contributed by atoms with Crippen LogP contribution in [-0.4, -0.2) is 95.9 Å². The number of ether oxygens (including phenoxy) is 3. The van der Waals surface area contributed by atoms with Gasteiger partial charge in [0.25, 0.3) is 0 Å². The quantitative estimate of drug-likeness (QED) is 0.0146. The summed E-state index contributed by atoms with van der Waals surface area (Å²) in [4.78, 5) is 58.5. The Kier molecular flexibility index (Phi) is 70.2. The molecule has 0 saturated carbocycles. The summed E-state index contributed by atoms with van der Waals surface area (Å²) in [6.45, 7) is 2.47. The van der Waals surface area contributed by atoms with Crippen molar-refractivity contribution in [3.05, 3.63) is 134 Å². The second-order valence-corrected chi connectivity index (χ2v) is 28.3. The highest BCUT2D eigenvalue weighted by Gasteiger charge is 2.29. The molecule has 0 aliphatic heterocycles. The van der Waals surface area contributed by atoms with Crippen LogP contribution in [-0.2, 0) is 55.8 Å². The maximum atomic E-state index is 12.9. The third-order valence-electron chi connectivity index (χ3n) is 15.8. The number of aliphatic hydroxyl groups excluding tert-OH is 2. The summed E-state index contributed by atoms with van der Waals surface area (Å²) in [7, 11) is -9.79. The molecule has 4 N–H and O–H groups in total. The van der Waals surface area contributed by atoms with Crippen molar-refractivity contribution in [1.29, 1.82) is 0 Å². The van der Waals surface area contributed by atoms with E-state index in [1.54, 1.807) is 0 Å². The monoisotopic (exact) mass is 1430 g/mol. The van der Waals surface area contributed by atoms with E-state index in [-0.39, 0.29) is 19.3 Å². The molecule has 0 aromatic rings. The Hall–Kier alpha value is -4.31. The summed E-state index contributed by atoms with van der Waals surface area (Å²) in [6, 6.07) is 0. The molecule has 0 heterocycles. The lowest BCUT2D eigenvalue weighted by Crippen LogP contribution is -2.30. The predicted octanol–water partition coefficient (Wildman–Crippen LogP) is 22.3. The fourth-order valence-electron chi connectivity index (χ4n) is 9.95. The van der Waals surface area contributed by atoms with Gasteiger partial charge < -0.3 is 34.2 Å². The number of rotatable bonds is 72. The van der Waals surface area contributed by atoms with Gasteiger partial charge in [0, 0.05) is 19.3 Å². The van der Waals surface area contributed by atoms with Gasteiger partial charge >= 0.3 is 33.6 Å². The zero-order valence-electron chi connectivity index (χ0n) is 61.9. The molecule has 0 amide bonds. The fraction of sp³-hybridized carbons (Fsp3) is 0.691. The van der Waals surface area contributed by atoms with Gasteiger partial charge in [-0.25, -0.2) is 9.13 Å². The number of esters is 3. The molecule has 0 aromatic carbocycles. The van der Waals surface area contributed by atoms with Gasteiger partial charge in [-0.2, -0.15) is 0 Å². The van der Waals surface area contributed by atoms with Gasteiger partial charge in [-0.15, -0.1) is 0 Å². The highest BCUT2D eigenvalue weighted by atomic mass is 31.2. The van der Waals surface area contributed by atoms with Gasteiger partial charge in [-0.05, 0) is 135 Å². The molecule has 16 nitrogen and oxygen atoms in total. The van der Waals surface area contributed by atoms with Crippen molar-refractivity contribution in [3.63, 3.8) is 0 Å². The zero-order valence-corrected chi connectivity index (χ0v) is 63.7. The topological polar surface area (TPSA) is 231 Å². The van der Waals surface area contributed by atoms with Gasteiger partial charge in [-0.1, -0.05) is 283 Å². The smallest absolute Gasteiger partial charge is 0.463 e. The van der Waals surface area contributed by atoms with Crippen LogP contribution in [0.3, 0.4) is 0 Å². The molecule has 99 heavy (non-hydrogen) atoms. The molecule has 0 saturated heterocycles. The highest BCUT2D eigenvalue weighted by Crippen LogP contribution is 2.45. The Balaban J connectivity index is 4.51. The van der Waals surface area contributed by atoms with Gasteiger partial charge in [0.2, 0.25) is 0 Å². The Morgan fingerprint density at radius 2 is 0.545 bits per heavy atom. The van der Waals surface area contributed by atoms with Crippen LogP contribution < -0.4 is 0 Å². The van der Waals surface area contributed by atoms with E-state index in [2.05, 4.69) is 154 Å². The highest BCUT2D eigenvalue weighted by molar-refractivity contribution is 7.47. The third-order valence-corrected chi connectivity index (χ3v) is 17.7. The van der Waals surface area contributed by atoms with Crippen molar-refractivity contribution >= 4 is 33.6 Å². The van der Waals surface area contributed by atoms with Crippen LogP contribution in [0.1, 0.15) is 303 Å².